The van der Waals surface area contributed by atoms with E-state index in [4.69, 9.17) is 5.26 Å². The number of Topliss-reactive ketones (excluding diaryl/α,β-unsaturated/α-hetero) is 1. The number of rotatable bonds is 5. The number of carbonyl (C=O) groups excluding carboxylic acids is 1. The second kappa shape index (κ2) is 6.42. The van der Waals surface area contributed by atoms with Gasteiger partial charge in [0, 0.05) is 6.42 Å². The maximum Gasteiger partial charge on any atom is 0.146 e. The van der Waals surface area contributed by atoms with E-state index in [1.165, 1.54) is 11.1 Å². The van der Waals surface area contributed by atoms with Crippen LogP contribution in [0.1, 0.15) is 46.5 Å². The number of carbonyl (C=O) groups is 1. The summed E-state index contributed by atoms with van der Waals surface area (Å²) in [5.41, 5.74) is 2.68. The molecule has 0 atom stereocenters. The van der Waals surface area contributed by atoms with E-state index in [0.29, 0.717) is 6.42 Å². The first-order valence-electron chi connectivity index (χ1n) is 4.59. The lowest BCUT2D eigenvalue weighted by molar-refractivity contribution is -0.118. The highest BCUT2D eigenvalue weighted by Crippen LogP contribution is 2.11. The summed E-state index contributed by atoms with van der Waals surface area (Å²) in [6.07, 6.45) is 2.45. The number of nitrogens with zero attached hydrogens (tertiary/aromatic N) is 1. The predicted octanol–water partition coefficient (Wildman–Crippen LogP) is 3.00. The molecule has 0 aromatic heterocycles. The van der Waals surface area contributed by atoms with Crippen molar-refractivity contribution in [3.63, 3.8) is 0 Å². The van der Waals surface area contributed by atoms with Crippen molar-refractivity contribution in [2.24, 2.45) is 0 Å². The lowest BCUT2D eigenvalue weighted by Crippen LogP contribution is -1.95. The molecule has 0 radical (unpaired) electrons. The first-order valence-corrected chi connectivity index (χ1v) is 4.59. The topological polar surface area (TPSA) is 40.9 Å². The van der Waals surface area contributed by atoms with Gasteiger partial charge in [0.2, 0.25) is 0 Å². The van der Waals surface area contributed by atoms with Gasteiger partial charge in [0.15, 0.2) is 0 Å². The molecule has 72 valence electrons. The van der Waals surface area contributed by atoms with Crippen molar-refractivity contribution in [3.05, 3.63) is 11.1 Å². The summed E-state index contributed by atoms with van der Waals surface area (Å²) < 4.78 is 0. The summed E-state index contributed by atoms with van der Waals surface area (Å²) in [5, 5.41) is 8.25. The smallest absolute Gasteiger partial charge is 0.146 e. The Hall–Kier alpha value is -1.10. The maximum absolute atomic E-state index is 11.0. The summed E-state index contributed by atoms with van der Waals surface area (Å²) in [4.78, 5) is 11.0. The predicted molar refractivity (Wildman–Crippen MR) is 53.1 cm³/mol. The number of ketones is 1. The zero-order valence-electron chi connectivity index (χ0n) is 8.68. The van der Waals surface area contributed by atoms with Gasteiger partial charge in [-0.2, -0.15) is 5.26 Å². The van der Waals surface area contributed by atoms with Crippen LogP contribution < -0.4 is 0 Å². The zero-order chi connectivity index (χ0) is 10.3. The molecule has 0 aliphatic carbocycles. The van der Waals surface area contributed by atoms with Gasteiger partial charge >= 0.3 is 0 Å². The normalized spacial score (nSPS) is 9.08. The average Bonchev–Trinajstić information content (AvgIpc) is 2.04. The molecule has 0 spiro atoms. The van der Waals surface area contributed by atoms with Gasteiger partial charge in [0.05, 0.1) is 12.5 Å². The number of hydrogen-bond acceptors (Lipinski definition) is 2. The van der Waals surface area contributed by atoms with Crippen molar-refractivity contribution in [1.82, 2.24) is 0 Å². The monoisotopic (exact) mass is 179 g/mol. The molecule has 0 rings (SSSR count). The van der Waals surface area contributed by atoms with Crippen molar-refractivity contribution in [3.8, 4) is 6.07 Å². The molecule has 0 aromatic carbocycles. The molecule has 0 saturated carbocycles. The molecule has 0 bridgehead atoms. The van der Waals surface area contributed by atoms with Gasteiger partial charge in [-0.1, -0.05) is 11.1 Å². The Morgan fingerprint density at radius 3 is 2.31 bits per heavy atom. The summed E-state index contributed by atoms with van der Waals surface area (Å²) in [7, 11) is 0. The average molecular weight is 179 g/mol. The fourth-order valence-corrected chi connectivity index (χ4v) is 0.977. The van der Waals surface area contributed by atoms with E-state index in [-0.39, 0.29) is 12.2 Å². The third kappa shape index (κ3) is 6.10. The van der Waals surface area contributed by atoms with Gasteiger partial charge in [-0.05, 0) is 33.6 Å². The van der Waals surface area contributed by atoms with Crippen molar-refractivity contribution in [1.29, 1.82) is 5.26 Å². The molecule has 2 heteroatoms. The van der Waals surface area contributed by atoms with Gasteiger partial charge in [-0.15, -0.1) is 0 Å². The minimum absolute atomic E-state index is 0.0593. The van der Waals surface area contributed by atoms with Gasteiger partial charge in [0.25, 0.3) is 0 Å². The Morgan fingerprint density at radius 1 is 1.23 bits per heavy atom. The molecule has 0 aromatic rings. The highest BCUT2D eigenvalue weighted by Gasteiger charge is 2.00. The van der Waals surface area contributed by atoms with E-state index in [9.17, 15) is 4.79 Å². The van der Waals surface area contributed by atoms with Crippen molar-refractivity contribution < 1.29 is 4.79 Å². The Kier molecular flexibility index (Phi) is 5.88. The number of allylic oxidation sites excluding steroid dienone is 2. The fraction of sp³-hybridized carbons (Fsp3) is 0.636. The minimum atomic E-state index is 0.0593. The van der Waals surface area contributed by atoms with Crippen molar-refractivity contribution in [2.45, 2.75) is 46.5 Å². The van der Waals surface area contributed by atoms with Crippen LogP contribution in [-0.4, -0.2) is 5.78 Å². The van der Waals surface area contributed by atoms with Crippen LogP contribution in [0.25, 0.3) is 0 Å². The second-order valence-electron chi connectivity index (χ2n) is 3.51. The lowest BCUT2D eigenvalue weighted by atomic mass is 10.0. The van der Waals surface area contributed by atoms with E-state index in [2.05, 4.69) is 20.8 Å². The molecular weight excluding hydrogens is 162 g/mol. The van der Waals surface area contributed by atoms with Gasteiger partial charge in [-0.25, -0.2) is 0 Å². The van der Waals surface area contributed by atoms with Crippen LogP contribution >= 0.6 is 0 Å². The Labute approximate surface area is 80.3 Å². The summed E-state index contributed by atoms with van der Waals surface area (Å²) in [6, 6.07) is 1.87. The van der Waals surface area contributed by atoms with Crippen LogP contribution in [0.4, 0.5) is 0 Å². The van der Waals surface area contributed by atoms with E-state index in [1.807, 2.05) is 6.07 Å². The van der Waals surface area contributed by atoms with Gasteiger partial charge < -0.3 is 0 Å². The SMILES string of the molecule is CC(C)=C(C)CCCC(=O)CC#N. The third-order valence-electron chi connectivity index (χ3n) is 2.14. The van der Waals surface area contributed by atoms with E-state index in [0.717, 1.165) is 12.8 Å². The molecule has 0 aliphatic rings. The molecular formula is C11H17NO. The van der Waals surface area contributed by atoms with Crippen LogP contribution in [0.2, 0.25) is 0 Å². The van der Waals surface area contributed by atoms with Crippen molar-refractivity contribution in [2.75, 3.05) is 0 Å². The molecule has 0 heterocycles. The largest absolute Gasteiger partial charge is 0.299 e. The zero-order valence-corrected chi connectivity index (χ0v) is 8.68. The Balaban J connectivity index is 3.64. The Morgan fingerprint density at radius 2 is 1.85 bits per heavy atom. The first kappa shape index (κ1) is 11.9. The molecule has 0 unspecified atom stereocenters. The maximum atomic E-state index is 11.0. The molecule has 0 amide bonds. The molecule has 0 aliphatic heterocycles. The van der Waals surface area contributed by atoms with Crippen LogP contribution in [-0.2, 0) is 4.79 Å². The third-order valence-corrected chi connectivity index (χ3v) is 2.14. The van der Waals surface area contributed by atoms with Crippen molar-refractivity contribution >= 4 is 5.78 Å². The summed E-state index contributed by atoms with van der Waals surface area (Å²) in [6.45, 7) is 6.24. The second-order valence-corrected chi connectivity index (χ2v) is 3.51. The number of nitriles is 1. The summed E-state index contributed by atoms with van der Waals surface area (Å²) in [5.74, 6) is 0.0593. The molecule has 0 saturated heterocycles. The van der Waals surface area contributed by atoms with Crippen LogP contribution in [0.15, 0.2) is 11.1 Å². The Bertz CT molecular complexity index is 241. The standard InChI is InChI=1S/C11H17NO/c1-9(2)10(3)5-4-6-11(13)7-8-12/h4-7H2,1-3H3. The fourth-order valence-electron chi connectivity index (χ4n) is 0.977. The van der Waals surface area contributed by atoms with E-state index < -0.39 is 0 Å². The number of hydrogen-bond donors (Lipinski definition) is 0. The van der Waals surface area contributed by atoms with E-state index in [1.54, 1.807) is 0 Å². The summed E-state index contributed by atoms with van der Waals surface area (Å²) >= 11 is 0. The van der Waals surface area contributed by atoms with Crippen LogP contribution in [0.3, 0.4) is 0 Å². The quantitative estimate of drug-likeness (QED) is 0.609. The van der Waals surface area contributed by atoms with E-state index >= 15 is 0 Å². The molecule has 0 N–H and O–H groups in total. The highest BCUT2D eigenvalue weighted by molar-refractivity contribution is 5.80. The first-order chi connectivity index (χ1) is 6.07. The molecule has 0 fully saturated rings. The van der Waals surface area contributed by atoms with Crippen LogP contribution in [0.5, 0.6) is 0 Å². The lowest BCUT2D eigenvalue weighted by Gasteiger charge is -2.02. The van der Waals surface area contributed by atoms with Crippen LogP contribution in [0, 0.1) is 11.3 Å². The minimum Gasteiger partial charge on any atom is -0.299 e. The van der Waals surface area contributed by atoms with Gasteiger partial charge in [-0.3, -0.25) is 4.79 Å². The highest BCUT2D eigenvalue weighted by atomic mass is 16.1. The molecule has 13 heavy (non-hydrogen) atoms. The molecule has 2 nitrogen and oxygen atoms in total. The van der Waals surface area contributed by atoms with Gasteiger partial charge in [0.1, 0.15) is 5.78 Å².